The number of hydrogen-bond donors (Lipinski definition) is 1. The molecule has 1 atom stereocenters. The number of carbonyl (C=O) groups is 1. The van der Waals surface area contributed by atoms with Crippen molar-refractivity contribution in [3.8, 4) is 5.88 Å². The number of ether oxygens (including phenoxy) is 2. The standard InChI is InChI=1S/C20H24N4O3S/c25-19(17-4-2-7-22-20(17)27-16-5-12-28-14-16)23-13-15-3-1-6-21-18(15)24-8-10-26-11-9-24/h1-4,6-7,16H,5,8-14H2,(H,23,25)/t16-/m0/s1. The lowest BCUT2D eigenvalue weighted by molar-refractivity contribution is 0.0943. The lowest BCUT2D eigenvalue weighted by Gasteiger charge is -2.29. The summed E-state index contributed by atoms with van der Waals surface area (Å²) in [7, 11) is 0. The molecule has 1 amide bonds. The first kappa shape index (κ1) is 19.0. The number of nitrogens with one attached hydrogen (secondary N) is 1. The molecule has 0 saturated carbocycles. The van der Waals surface area contributed by atoms with Gasteiger partial charge >= 0.3 is 0 Å². The molecule has 7 nitrogen and oxygen atoms in total. The van der Waals surface area contributed by atoms with Gasteiger partial charge in [-0.1, -0.05) is 6.07 Å². The Morgan fingerprint density at radius 2 is 2.07 bits per heavy atom. The van der Waals surface area contributed by atoms with Gasteiger partial charge in [0.15, 0.2) is 0 Å². The molecular formula is C20H24N4O3S. The molecule has 2 saturated heterocycles. The van der Waals surface area contributed by atoms with Crippen molar-refractivity contribution in [2.45, 2.75) is 19.1 Å². The van der Waals surface area contributed by atoms with Crippen molar-refractivity contribution in [3.05, 3.63) is 47.8 Å². The Morgan fingerprint density at radius 1 is 1.25 bits per heavy atom. The molecule has 8 heteroatoms. The van der Waals surface area contributed by atoms with Crippen molar-refractivity contribution in [3.63, 3.8) is 0 Å². The number of carbonyl (C=O) groups excluding carboxylic acids is 1. The molecule has 2 fully saturated rings. The third-order valence-electron chi connectivity index (χ3n) is 4.80. The molecule has 0 aliphatic carbocycles. The largest absolute Gasteiger partial charge is 0.473 e. The molecule has 2 aromatic heterocycles. The number of pyridine rings is 2. The first-order valence-corrected chi connectivity index (χ1v) is 10.7. The van der Waals surface area contributed by atoms with Crippen LogP contribution in [0, 0.1) is 0 Å². The van der Waals surface area contributed by atoms with Crippen molar-refractivity contribution in [1.29, 1.82) is 0 Å². The van der Waals surface area contributed by atoms with Crippen LogP contribution in [0.25, 0.3) is 0 Å². The van der Waals surface area contributed by atoms with E-state index in [0.29, 0.717) is 31.2 Å². The molecule has 0 radical (unpaired) electrons. The van der Waals surface area contributed by atoms with Gasteiger partial charge < -0.3 is 19.7 Å². The molecule has 2 aromatic rings. The molecule has 2 aliphatic heterocycles. The average Bonchev–Trinajstić information content (AvgIpc) is 3.26. The molecule has 4 rings (SSSR count). The van der Waals surface area contributed by atoms with E-state index >= 15 is 0 Å². The molecule has 1 N–H and O–H groups in total. The van der Waals surface area contributed by atoms with E-state index < -0.39 is 0 Å². The summed E-state index contributed by atoms with van der Waals surface area (Å²) in [4.78, 5) is 23.8. The van der Waals surface area contributed by atoms with E-state index in [1.54, 1.807) is 24.5 Å². The van der Waals surface area contributed by atoms with Crippen LogP contribution in [0.5, 0.6) is 5.88 Å². The fraction of sp³-hybridized carbons (Fsp3) is 0.450. The van der Waals surface area contributed by atoms with Crippen LogP contribution >= 0.6 is 11.8 Å². The minimum atomic E-state index is -0.189. The first-order valence-electron chi connectivity index (χ1n) is 9.55. The Bertz CT molecular complexity index is 808. The van der Waals surface area contributed by atoms with E-state index in [4.69, 9.17) is 9.47 Å². The van der Waals surface area contributed by atoms with Gasteiger partial charge in [0.2, 0.25) is 5.88 Å². The molecule has 0 spiro atoms. The van der Waals surface area contributed by atoms with Gasteiger partial charge in [-0.05, 0) is 30.4 Å². The van der Waals surface area contributed by atoms with Crippen LogP contribution in [-0.2, 0) is 11.3 Å². The van der Waals surface area contributed by atoms with Crippen LogP contribution in [-0.4, -0.2) is 59.8 Å². The second-order valence-corrected chi connectivity index (χ2v) is 7.88. The number of hydrogen-bond acceptors (Lipinski definition) is 7. The second kappa shape index (κ2) is 9.25. The Hall–Kier alpha value is -2.32. The summed E-state index contributed by atoms with van der Waals surface area (Å²) < 4.78 is 11.4. The Balaban J connectivity index is 1.44. The monoisotopic (exact) mass is 400 g/mol. The van der Waals surface area contributed by atoms with Crippen LogP contribution in [0.15, 0.2) is 36.7 Å². The molecule has 0 bridgehead atoms. The topological polar surface area (TPSA) is 76.6 Å². The maximum atomic E-state index is 12.8. The average molecular weight is 401 g/mol. The van der Waals surface area contributed by atoms with Gasteiger partial charge in [0, 0.05) is 43.3 Å². The number of aromatic nitrogens is 2. The van der Waals surface area contributed by atoms with Crippen molar-refractivity contribution in [2.24, 2.45) is 0 Å². The minimum Gasteiger partial charge on any atom is -0.473 e. The number of nitrogens with zero attached hydrogens (tertiary/aromatic N) is 3. The normalized spacial score (nSPS) is 19.4. The summed E-state index contributed by atoms with van der Waals surface area (Å²) in [5.41, 5.74) is 1.45. The Labute approximate surface area is 168 Å². The van der Waals surface area contributed by atoms with Gasteiger partial charge in [-0.15, -0.1) is 0 Å². The zero-order chi connectivity index (χ0) is 19.2. The smallest absolute Gasteiger partial charge is 0.257 e. The predicted octanol–water partition coefficient (Wildman–Crippen LogP) is 2.13. The number of morpholine rings is 1. The third kappa shape index (κ3) is 4.56. The fourth-order valence-electron chi connectivity index (χ4n) is 3.32. The highest BCUT2D eigenvalue weighted by molar-refractivity contribution is 7.99. The summed E-state index contributed by atoms with van der Waals surface area (Å²) in [6, 6.07) is 7.40. The number of anilines is 1. The number of rotatable bonds is 6. The van der Waals surface area contributed by atoms with Crippen molar-refractivity contribution in [2.75, 3.05) is 42.7 Å². The molecule has 4 heterocycles. The highest BCUT2D eigenvalue weighted by Crippen LogP contribution is 2.24. The number of amides is 1. The second-order valence-electron chi connectivity index (χ2n) is 6.73. The van der Waals surface area contributed by atoms with Crippen LogP contribution in [0.4, 0.5) is 5.82 Å². The molecule has 0 unspecified atom stereocenters. The van der Waals surface area contributed by atoms with E-state index in [-0.39, 0.29) is 12.0 Å². The Kier molecular flexibility index (Phi) is 6.28. The number of thioether (sulfide) groups is 1. The van der Waals surface area contributed by atoms with Gasteiger partial charge in [0.25, 0.3) is 5.91 Å². The van der Waals surface area contributed by atoms with Gasteiger partial charge in [0.05, 0.1) is 13.2 Å². The van der Waals surface area contributed by atoms with E-state index in [9.17, 15) is 4.79 Å². The first-order chi connectivity index (χ1) is 13.8. The predicted molar refractivity (Wildman–Crippen MR) is 109 cm³/mol. The van der Waals surface area contributed by atoms with Crippen molar-refractivity contribution >= 4 is 23.5 Å². The molecule has 148 valence electrons. The van der Waals surface area contributed by atoms with E-state index in [1.807, 2.05) is 23.9 Å². The van der Waals surface area contributed by atoms with E-state index in [1.165, 1.54) is 0 Å². The maximum absolute atomic E-state index is 12.8. The maximum Gasteiger partial charge on any atom is 0.257 e. The van der Waals surface area contributed by atoms with Gasteiger partial charge in [-0.2, -0.15) is 11.8 Å². The van der Waals surface area contributed by atoms with Crippen LogP contribution in [0.1, 0.15) is 22.3 Å². The van der Waals surface area contributed by atoms with Gasteiger partial charge in [0.1, 0.15) is 17.5 Å². The zero-order valence-corrected chi connectivity index (χ0v) is 16.5. The Morgan fingerprint density at radius 3 is 2.89 bits per heavy atom. The van der Waals surface area contributed by atoms with Crippen LogP contribution in [0.2, 0.25) is 0 Å². The van der Waals surface area contributed by atoms with Crippen LogP contribution < -0.4 is 15.0 Å². The summed E-state index contributed by atoms with van der Waals surface area (Å²) in [5.74, 6) is 3.15. The molecule has 0 aromatic carbocycles. The highest BCUT2D eigenvalue weighted by Gasteiger charge is 2.22. The lowest BCUT2D eigenvalue weighted by atomic mass is 10.2. The fourth-order valence-corrected chi connectivity index (χ4v) is 4.41. The van der Waals surface area contributed by atoms with E-state index in [2.05, 4.69) is 20.2 Å². The summed E-state index contributed by atoms with van der Waals surface area (Å²) >= 11 is 1.86. The van der Waals surface area contributed by atoms with E-state index in [0.717, 1.165) is 42.4 Å². The molecule has 28 heavy (non-hydrogen) atoms. The molecule has 2 aliphatic rings. The van der Waals surface area contributed by atoms with Crippen LogP contribution in [0.3, 0.4) is 0 Å². The highest BCUT2D eigenvalue weighted by atomic mass is 32.2. The lowest BCUT2D eigenvalue weighted by Crippen LogP contribution is -2.37. The third-order valence-corrected chi connectivity index (χ3v) is 5.93. The summed E-state index contributed by atoms with van der Waals surface area (Å²) in [6.45, 7) is 3.39. The zero-order valence-electron chi connectivity index (χ0n) is 15.7. The SMILES string of the molecule is O=C(NCc1cccnc1N1CCOCC1)c1cccnc1O[C@H]1CCSC1. The van der Waals surface area contributed by atoms with Gasteiger partial charge in [-0.25, -0.2) is 9.97 Å². The molecular weight excluding hydrogens is 376 g/mol. The van der Waals surface area contributed by atoms with Crippen molar-refractivity contribution in [1.82, 2.24) is 15.3 Å². The minimum absolute atomic E-state index is 0.123. The quantitative estimate of drug-likeness (QED) is 0.796. The van der Waals surface area contributed by atoms with Gasteiger partial charge in [-0.3, -0.25) is 4.79 Å². The summed E-state index contributed by atoms with van der Waals surface area (Å²) in [5, 5.41) is 3.00. The van der Waals surface area contributed by atoms with Crippen molar-refractivity contribution < 1.29 is 14.3 Å². The summed E-state index contributed by atoms with van der Waals surface area (Å²) in [6.07, 6.45) is 4.55.